The Hall–Kier alpha value is -3.53. The quantitative estimate of drug-likeness (QED) is 0.221. The van der Waals surface area contributed by atoms with Crippen LogP contribution in [0.3, 0.4) is 0 Å². The summed E-state index contributed by atoms with van der Waals surface area (Å²) in [6.45, 7) is 1.79. The van der Waals surface area contributed by atoms with Crippen molar-refractivity contribution in [2.45, 2.75) is 30.6 Å². The van der Waals surface area contributed by atoms with E-state index in [2.05, 4.69) is 10.2 Å². The summed E-state index contributed by atoms with van der Waals surface area (Å²) < 4.78 is 51.6. The molecule has 176 valence electrons. The van der Waals surface area contributed by atoms with E-state index in [9.17, 15) is 18.0 Å². The molecule has 4 rings (SSSR count). The van der Waals surface area contributed by atoms with Gasteiger partial charge in [0.1, 0.15) is 11.5 Å². The third-order valence-electron chi connectivity index (χ3n) is 5.13. The fourth-order valence-corrected chi connectivity index (χ4v) is 4.29. The lowest BCUT2D eigenvalue weighted by atomic mass is 10.1. The first-order valence-corrected chi connectivity index (χ1v) is 11.2. The molecule has 0 bridgehead atoms. The molecule has 2 aromatic carbocycles. The van der Waals surface area contributed by atoms with Gasteiger partial charge in [0.25, 0.3) is 0 Å². The first-order valence-electron chi connectivity index (χ1n) is 10.2. The van der Waals surface area contributed by atoms with Gasteiger partial charge in [0.15, 0.2) is 16.8 Å². The van der Waals surface area contributed by atoms with Crippen molar-refractivity contribution in [2.24, 2.45) is 0 Å². The third-order valence-corrected chi connectivity index (χ3v) is 6.14. The highest BCUT2D eigenvalue weighted by Gasteiger charge is 2.30. The van der Waals surface area contributed by atoms with Gasteiger partial charge >= 0.3 is 6.18 Å². The molecule has 4 aromatic rings. The van der Waals surface area contributed by atoms with Crippen molar-refractivity contribution in [1.29, 1.82) is 0 Å². The SMILES string of the molecule is COc1ccc(C(C)=O)cc1CSc1nnc(-c2ccc(C(F)(F)F)cc2)n1Cc1ccco1. The molecule has 0 atom stereocenters. The highest BCUT2D eigenvalue weighted by molar-refractivity contribution is 7.98. The number of rotatable bonds is 8. The number of halogens is 3. The molecule has 0 N–H and O–H groups in total. The average Bonchev–Trinajstić information content (AvgIpc) is 3.47. The number of carbonyl (C=O) groups excluding carboxylic acids is 1. The van der Waals surface area contributed by atoms with Gasteiger partial charge in [-0.1, -0.05) is 23.9 Å². The lowest BCUT2D eigenvalue weighted by Gasteiger charge is -2.12. The number of ketones is 1. The van der Waals surface area contributed by atoms with Gasteiger partial charge in [-0.3, -0.25) is 9.36 Å². The molecule has 0 spiro atoms. The zero-order valence-corrected chi connectivity index (χ0v) is 19.1. The number of methoxy groups -OCH3 is 1. The summed E-state index contributed by atoms with van der Waals surface area (Å²) in [6.07, 6.45) is -2.88. The van der Waals surface area contributed by atoms with E-state index in [4.69, 9.17) is 9.15 Å². The van der Waals surface area contributed by atoms with Gasteiger partial charge in [0.2, 0.25) is 0 Å². The number of aromatic nitrogens is 3. The minimum absolute atomic E-state index is 0.0560. The number of carbonyl (C=O) groups is 1. The van der Waals surface area contributed by atoms with Crippen molar-refractivity contribution in [1.82, 2.24) is 14.8 Å². The van der Waals surface area contributed by atoms with Gasteiger partial charge in [-0.25, -0.2) is 0 Å². The maximum atomic E-state index is 13.0. The number of furan rings is 1. The number of ether oxygens (including phenoxy) is 1. The molecule has 10 heteroatoms. The van der Waals surface area contributed by atoms with E-state index >= 15 is 0 Å². The third kappa shape index (κ3) is 5.17. The summed E-state index contributed by atoms with van der Waals surface area (Å²) >= 11 is 1.37. The second kappa shape index (κ2) is 9.76. The summed E-state index contributed by atoms with van der Waals surface area (Å²) in [5, 5.41) is 9.06. The van der Waals surface area contributed by atoms with E-state index in [0.29, 0.717) is 45.9 Å². The summed E-state index contributed by atoms with van der Waals surface area (Å²) in [7, 11) is 1.55. The number of nitrogens with zero attached hydrogens (tertiary/aromatic N) is 3. The number of hydrogen-bond acceptors (Lipinski definition) is 6. The van der Waals surface area contributed by atoms with Crippen LogP contribution in [0.4, 0.5) is 13.2 Å². The van der Waals surface area contributed by atoms with Gasteiger partial charge in [-0.15, -0.1) is 10.2 Å². The maximum Gasteiger partial charge on any atom is 0.416 e. The number of thioether (sulfide) groups is 1. The van der Waals surface area contributed by atoms with Crippen molar-refractivity contribution < 1.29 is 27.1 Å². The second-order valence-corrected chi connectivity index (χ2v) is 8.36. The largest absolute Gasteiger partial charge is 0.496 e. The highest BCUT2D eigenvalue weighted by Crippen LogP contribution is 2.33. The van der Waals surface area contributed by atoms with Gasteiger partial charge in [-0.05, 0) is 49.4 Å². The van der Waals surface area contributed by atoms with Crippen LogP contribution < -0.4 is 4.74 Å². The van der Waals surface area contributed by atoms with E-state index in [-0.39, 0.29) is 5.78 Å². The minimum atomic E-state index is -4.42. The molecule has 0 radical (unpaired) electrons. The van der Waals surface area contributed by atoms with Crippen LogP contribution >= 0.6 is 11.8 Å². The normalized spacial score (nSPS) is 11.6. The Balaban J connectivity index is 1.66. The lowest BCUT2D eigenvalue weighted by Crippen LogP contribution is -2.06. The summed E-state index contributed by atoms with van der Waals surface area (Å²) in [5.74, 6) is 2.08. The summed E-state index contributed by atoms with van der Waals surface area (Å²) in [6, 6.07) is 13.6. The van der Waals surface area contributed by atoms with Crippen LogP contribution in [0, 0.1) is 0 Å². The van der Waals surface area contributed by atoms with Crippen molar-refractivity contribution in [3.63, 3.8) is 0 Å². The van der Waals surface area contributed by atoms with E-state index < -0.39 is 11.7 Å². The van der Waals surface area contributed by atoms with Gasteiger partial charge in [-0.2, -0.15) is 13.2 Å². The predicted molar refractivity (Wildman–Crippen MR) is 121 cm³/mol. The van der Waals surface area contributed by atoms with Crippen molar-refractivity contribution in [3.8, 4) is 17.1 Å². The Labute approximate surface area is 197 Å². The lowest BCUT2D eigenvalue weighted by molar-refractivity contribution is -0.137. The molecule has 0 aliphatic heterocycles. The molecular formula is C24H20F3N3O3S. The van der Waals surface area contributed by atoms with Crippen LogP contribution in [0.2, 0.25) is 0 Å². The van der Waals surface area contributed by atoms with Gasteiger partial charge in [0, 0.05) is 22.4 Å². The Morgan fingerprint density at radius 1 is 1.12 bits per heavy atom. The van der Waals surface area contributed by atoms with Crippen molar-refractivity contribution in [3.05, 3.63) is 83.3 Å². The number of alkyl halides is 3. The van der Waals surface area contributed by atoms with Crippen LogP contribution in [0.15, 0.2) is 70.4 Å². The fraction of sp³-hybridized carbons (Fsp3) is 0.208. The second-order valence-electron chi connectivity index (χ2n) is 7.42. The van der Waals surface area contributed by atoms with E-state index in [1.54, 1.807) is 48.3 Å². The smallest absolute Gasteiger partial charge is 0.416 e. The van der Waals surface area contributed by atoms with Crippen LogP contribution in [0.25, 0.3) is 11.4 Å². The van der Waals surface area contributed by atoms with Crippen LogP contribution in [-0.2, 0) is 18.5 Å². The average molecular weight is 488 g/mol. The van der Waals surface area contributed by atoms with E-state index in [1.807, 2.05) is 0 Å². The molecule has 0 aliphatic carbocycles. The molecule has 2 aromatic heterocycles. The van der Waals surface area contributed by atoms with Crippen LogP contribution in [0.5, 0.6) is 5.75 Å². The van der Waals surface area contributed by atoms with Gasteiger partial charge < -0.3 is 9.15 Å². The molecule has 0 saturated carbocycles. The fourth-order valence-electron chi connectivity index (χ4n) is 3.37. The number of benzene rings is 2. The zero-order valence-electron chi connectivity index (χ0n) is 18.3. The van der Waals surface area contributed by atoms with Crippen LogP contribution in [0.1, 0.15) is 34.2 Å². The molecular weight excluding hydrogens is 467 g/mol. The van der Waals surface area contributed by atoms with Gasteiger partial charge in [0.05, 0.1) is 25.5 Å². The molecule has 2 heterocycles. The Morgan fingerprint density at radius 2 is 1.88 bits per heavy atom. The van der Waals surface area contributed by atoms with E-state index in [1.165, 1.54) is 30.8 Å². The van der Waals surface area contributed by atoms with E-state index in [0.717, 1.165) is 17.7 Å². The van der Waals surface area contributed by atoms with Crippen LogP contribution in [-0.4, -0.2) is 27.7 Å². The predicted octanol–water partition coefficient (Wildman–Crippen LogP) is 6.11. The summed E-state index contributed by atoms with van der Waals surface area (Å²) in [5.41, 5.74) is 1.14. The first-order chi connectivity index (χ1) is 16.3. The Bertz CT molecular complexity index is 1280. The Morgan fingerprint density at radius 3 is 2.50 bits per heavy atom. The molecule has 0 amide bonds. The molecule has 34 heavy (non-hydrogen) atoms. The molecule has 0 aliphatic rings. The molecule has 6 nitrogen and oxygen atoms in total. The van der Waals surface area contributed by atoms with Crippen molar-refractivity contribution in [2.75, 3.05) is 7.11 Å². The summed E-state index contributed by atoms with van der Waals surface area (Å²) in [4.78, 5) is 11.8. The molecule has 0 unspecified atom stereocenters. The Kier molecular flexibility index (Phi) is 6.78. The van der Waals surface area contributed by atoms with Crippen molar-refractivity contribution >= 4 is 17.5 Å². The maximum absolute atomic E-state index is 13.0. The molecule has 0 saturated heterocycles. The minimum Gasteiger partial charge on any atom is -0.496 e. The number of hydrogen-bond donors (Lipinski definition) is 0. The highest BCUT2D eigenvalue weighted by atomic mass is 32.2. The topological polar surface area (TPSA) is 70.2 Å². The monoisotopic (exact) mass is 487 g/mol. The first kappa shape index (κ1) is 23.6. The standard InChI is InChI=1S/C24H20F3N3O3S/c1-15(31)17-7-10-21(32-2)18(12-17)14-34-23-29-28-22(30(23)13-20-4-3-11-33-20)16-5-8-19(9-6-16)24(25,26)27/h3-12H,13-14H2,1-2H3. The number of Topliss-reactive ketones (excluding diaryl/α,β-unsaturated/α-hetero) is 1. The zero-order chi connectivity index (χ0) is 24.3. The molecule has 0 fully saturated rings.